The van der Waals surface area contributed by atoms with Crippen LogP contribution in [-0.4, -0.2) is 31.9 Å². The number of rotatable bonds is 0. The predicted octanol–water partition coefficient (Wildman–Crippen LogP) is 3.89. The molecule has 0 radical (unpaired) electrons. The molecule has 1 heterocycles. The first-order valence-electron chi connectivity index (χ1n) is 4.38. The molecule has 1 saturated carbocycles. The summed E-state index contributed by atoms with van der Waals surface area (Å²) in [6.45, 7) is 0. The summed E-state index contributed by atoms with van der Waals surface area (Å²) in [5, 5.41) is 0.115. The number of hydrogen-bond donors (Lipinski definition) is 0. The first-order chi connectivity index (χ1) is 7.69. The van der Waals surface area contributed by atoms with Gasteiger partial charge in [-0.05, 0) is 0 Å². The lowest BCUT2D eigenvalue weighted by atomic mass is 10.0. The number of halogens is 6. The molecule has 1 unspecified atom stereocenters. The lowest BCUT2D eigenvalue weighted by molar-refractivity contribution is 0.105. The minimum atomic E-state index is -1.45. The van der Waals surface area contributed by atoms with Crippen molar-refractivity contribution in [3.63, 3.8) is 0 Å². The van der Waals surface area contributed by atoms with Gasteiger partial charge in [0, 0.05) is 0 Å². The van der Waals surface area contributed by atoms with E-state index in [4.69, 9.17) is 67.5 Å². The Bertz CT molecular complexity index is 442. The molecule has 9 heteroatoms. The zero-order valence-electron chi connectivity index (χ0n) is 7.65. The van der Waals surface area contributed by atoms with Gasteiger partial charge in [0.1, 0.15) is 0 Å². The molecule has 3 aliphatic rings. The van der Waals surface area contributed by atoms with E-state index in [1.54, 1.807) is 0 Å². The van der Waals surface area contributed by atoms with Gasteiger partial charge in [-0.1, -0.05) is 39.1 Å². The Kier molecular flexibility index (Phi) is 2.54. The summed E-state index contributed by atoms with van der Waals surface area (Å²) in [5.41, 5.74) is 0. The van der Waals surface area contributed by atoms with Crippen LogP contribution in [0.1, 0.15) is 0 Å². The van der Waals surface area contributed by atoms with Crippen molar-refractivity contribution < 1.29 is 14.3 Å². The number of ether oxygens (including phenoxy) is 2. The summed E-state index contributed by atoms with van der Waals surface area (Å²) in [5.74, 6) is 0. The van der Waals surface area contributed by atoms with Crippen molar-refractivity contribution in [2.75, 3.05) is 0 Å². The molecule has 3 rings (SSSR count). The largest absolute Gasteiger partial charge is 0.509 e. The molecule has 2 fully saturated rings. The van der Waals surface area contributed by atoms with Crippen molar-refractivity contribution in [1.82, 2.24) is 0 Å². The molecular weight excluding hydrogens is 401 g/mol. The van der Waals surface area contributed by atoms with E-state index in [0.29, 0.717) is 0 Å². The Hall–Kier alpha value is 0.940. The molecule has 1 saturated heterocycles. The topological polar surface area (TPSA) is 35.5 Å². The molecule has 2 bridgehead atoms. The van der Waals surface area contributed by atoms with Crippen LogP contribution in [0.5, 0.6) is 0 Å². The fraction of sp³-hybridized carbons (Fsp3) is 0.625. The molecule has 0 aromatic carbocycles. The molecule has 0 aromatic rings. The minimum Gasteiger partial charge on any atom is -0.424 e. The Morgan fingerprint density at radius 2 is 1.35 bits per heavy atom. The van der Waals surface area contributed by atoms with E-state index in [9.17, 15) is 4.79 Å². The highest BCUT2D eigenvalue weighted by atomic mass is 79.9. The molecule has 2 aliphatic carbocycles. The lowest BCUT2D eigenvalue weighted by Gasteiger charge is -2.32. The van der Waals surface area contributed by atoms with Gasteiger partial charge in [-0.25, -0.2) is 4.79 Å². The van der Waals surface area contributed by atoms with Crippen LogP contribution in [0, 0.1) is 0 Å². The highest BCUT2D eigenvalue weighted by molar-refractivity contribution is 9.10. The van der Waals surface area contributed by atoms with E-state index in [1.165, 1.54) is 0 Å². The molecule has 5 atom stereocenters. The third-order valence-corrected chi connectivity index (χ3v) is 8.39. The van der Waals surface area contributed by atoms with Crippen molar-refractivity contribution in [2.24, 2.45) is 0 Å². The molecule has 17 heavy (non-hydrogen) atoms. The maximum absolute atomic E-state index is 11.2. The van der Waals surface area contributed by atoms with Gasteiger partial charge in [-0.3, -0.25) is 0 Å². The molecular formula is C8H2BrCl5O3. The highest BCUT2D eigenvalue weighted by Gasteiger charge is 2.86. The van der Waals surface area contributed by atoms with Gasteiger partial charge < -0.3 is 9.47 Å². The first kappa shape index (κ1) is 12.9. The summed E-state index contributed by atoms with van der Waals surface area (Å²) in [7, 11) is 0. The molecule has 0 spiro atoms. The number of carbonyl (C=O) groups is 1. The van der Waals surface area contributed by atoms with Gasteiger partial charge in [-0.2, -0.15) is 0 Å². The fourth-order valence-electron chi connectivity index (χ4n) is 2.41. The first-order valence-corrected chi connectivity index (χ1v) is 7.06. The van der Waals surface area contributed by atoms with Crippen molar-refractivity contribution in [3.05, 3.63) is 10.1 Å². The zero-order chi connectivity index (χ0) is 12.8. The molecule has 94 valence electrons. The fourth-order valence-corrected chi connectivity index (χ4v) is 5.73. The van der Waals surface area contributed by atoms with Crippen LogP contribution in [0.4, 0.5) is 4.79 Å². The molecule has 0 N–H and O–H groups in total. The quantitative estimate of drug-likeness (QED) is 0.455. The number of fused-ring (bicyclic) bond motifs is 5. The van der Waals surface area contributed by atoms with E-state index in [1.807, 2.05) is 0 Å². The minimum absolute atomic E-state index is 0.0576. The van der Waals surface area contributed by atoms with Crippen molar-refractivity contribution in [3.8, 4) is 0 Å². The smallest absolute Gasteiger partial charge is 0.424 e. The number of hydrogen-bond acceptors (Lipinski definition) is 3. The van der Waals surface area contributed by atoms with Crippen LogP contribution in [-0.2, 0) is 9.47 Å². The third-order valence-electron chi connectivity index (χ3n) is 3.25. The van der Waals surface area contributed by atoms with Gasteiger partial charge >= 0.3 is 6.16 Å². The zero-order valence-corrected chi connectivity index (χ0v) is 13.0. The second kappa shape index (κ2) is 3.33. The van der Waals surface area contributed by atoms with Gasteiger partial charge in [0.25, 0.3) is 0 Å². The average molecular weight is 403 g/mol. The number of carbonyl (C=O) groups excluding carboxylic acids is 1. The monoisotopic (exact) mass is 400 g/mol. The van der Waals surface area contributed by atoms with Gasteiger partial charge in [0.15, 0.2) is 25.7 Å². The molecule has 1 aliphatic heterocycles. The second-order valence-corrected chi connectivity index (χ2v) is 8.11. The van der Waals surface area contributed by atoms with Gasteiger partial charge in [0.05, 0.1) is 10.1 Å². The van der Waals surface area contributed by atoms with E-state index in [-0.39, 0.29) is 10.1 Å². The summed E-state index contributed by atoms with van der Waals surface area (Å²) in [4.78, 5) is 8.25. The highest BCUT2D eigenvalue weighted by Crippen LogP contribution is 2.74. The SMILES string of the molecule is O=C1O[C@@H]2[C@H](O1)[C@]1(Cl)C(Cl)=C(Cl)[C@@]2(Cl)C1(Cl)Br. The van der Waals surface area contributed by atoms with Crippen LogP contribution in [0.15, 0.2) is 10.1 Å². The van der Waals surface area contributed by atoms with Crippen LogP contribution >= 0.6 is 73.9 Å². The van der Waals surface area contributed by atoms with Crippen molar-refractivity contribution in [1.29, 1.82) is 0 Å². The van der Waals surface area contributed by atoms with Gasteiger partial charge in [-0.15, -0.1) is 34.8 Å². The van der Waals surface area contributed by atoms with E-state index in [2.05, 4.69) is 15.9 Å². The Labute approximate surface area is 129 Å². The lowest BCUT2D eigenvalue weighted by Crippen LogP contribution is -2.46. The molecule has 0 aromatic heterocycles. The Morgan fingerprint density at radius 3 is 1.71 bits per heavy atom. The summed E-state index contributed by atoms with van der Waals surface area (Å²) < 4.78 is 8.54. The summed E-state index contributed by atoms with van der Waals surface area (Å²) >= 11 is 34.5. The normalized spacial score (nSPS) is 56.0. The Morgan fingerprint density at radius 1 is 1.00 bits per heavy atom. The predicted molar refractivity (Wildman–Crippen MR) is 68.6 cm³/mol. The van der Waals surface area contributed by atoms with Crippen LogP contribution in [0.3, 0.4) is 0 Å². The summed E-state index contributed by atoms with van der Waals surface area (Å²) in [6.07, 6.45) is -2.65. The molecule has 3 nitrogen and oxygen atoms in total. The maximum Gasteiger partial charge on any atom is 0.509 e. The van der Waals surface area contributed by atoms with Crippen LogP contribution < -0.4 is 0 Å². The number of alkyl halides is 4. The molecule has 0 amide bonds. The van der Waals surface area contributed by atoms with Crippen molar-refractivity contribution in [2.45, 2.75) is 25.7 Å². The standard InChI is InChI=1S/C8H2BrCl5O3/c9-8(14)6(12)1(10)2(11)7(8,13)4-3(6)16-5(15)17-4/h3-4H/t3-,4+,6+,7-,8?. The maximum atomic E-state index is 11.2. The second-order valence-electron chi connectivity index (χ2n) is 3.95. The van der Waals surface area contributed by atoms with E-state index < -0.39 is 31.9 Å². The van der Waals surface area contributed by atoms with Crippen LogP contribution in [0.25, 0.3) is 0 Å². The third kappa shape index (κ3) is 1.09. The van der Waals surface area contributed by atoms with E-state index >= 15 is 0 Å². The average Bonchev–Trinajstić information content (AvgIpc) is 2.72. The van der Waals surface area contributed by atoms with Gasteiger partial charge in [0.2, 0.25) is 0 Å². The summed E-state index contributed by atoms with van der Waals surface area (Å²) in [6, 6.07) is 0. The van der Waals surface area contributed by atoms with Crippen LogP contribution in [0.2, 0.25) is 0 Å². The Balaban J connectivity index is 2.28. The van der Waals surface area contributed by atoms with E-state index in [0.717, 1.165) is 0 Å². The van der Waals surface area contributed by atoms with Crippen molar-refractivity contribution >= 4 is 80.1 Å².